The standard InChI is InChI=1S/C22H28N4O5S/c1-25(2)32(29,30)26(3)17-12-10-16(11-13-17)21(27)24-20-9-5-4-8-19(20)22(28)23-15-18-7-6-14-31-18/h4-5,8-13,18H,6-7,14-15H2,1-3H3,(H,23,28)(H,24,27)/t18-/m1/s1. The minimum absolute atomic E-state index is 0.0219. The minimum Gasteiger partial charge on any atom is -0.376 e. The number of carbonyl (C=O) groups is 2. The van der Waals surface area contributed by atoms with Crippen LogP contribution in [0.3, 0.4) is 0 Å². The van der Waals surface area contributed by atoms with Crippen LogP contribution in [0.4, 0.5) is 11.4 Å². The Kier molecular flexibility index (Phi) is 7.49. The molecule has 1 heterocycles. The highest BCUT2D eigenvalue weighted by atomic mass is 32.2. The molecule has 1 saturated heterocycles. The van der Waals surface area contributed by atoms with Gasteiger partial charge in [-0.15, -0.1) is 0 Å². The summed E-state index contributed by atoms with van der Waals surface area (Å²) in [4.78, 5) is 25.4. The number of benzene rings is 2. The number of rotatable bonds is 8. The molecule has 0 bridgehead atoms. The van der Waals surface area contributed by atoms with Crippen molar-refractivity contribution in [1.29, 1.82) is 0 Å². The number of nitrogens with one attached hydrogen (secondary N) is 2. The Morgan fingerprint density at radius 3 is 2.34 bits per heavy atom. The number of amides is 2. The lowest BCUT2D eigenvalue weighted by atomic mass is 10.1. The van der Waals surface area contributed by atoms with E-state index in [-0.39, 0.29) is 12.0 Å². The van der Waals surface area contributed by atoms with E-state index in [1.165, 1.54) is 33.3 Å². The van der Waals surface area contributed by atoms with E-state index >= 15 is 0 Å². The summed E-state index contributed by atoms with van der Waals surface area (Å²) in [5, 5.41) is 5.62. The Morgan fingerprint density at radius 2 is 1.72 bits per heavy atom. The molecule has 3 rings (SSSR count). The van der Waals surface area contributed by atoms with E-state index in [1.807, 2.05) is 0 Å². The van der Waals surface area contributed by atoms with Crippen molar-refractivity contribution >= 4 is 33.4 Å². The van der Waals surface area contributed by atoms with Crippen molar-refractivity contribution < 1.29 is 22.7 Å². The topological polar surface area (TPSA) is 108 Å². The van der Waals surface area contributed by atoms with Crippen LogP contribution in [0.15, 0.2) is 48.5 Å². The van der Waals surface area contributed by atoms with E-state index in [2.05, 4.69) is 10.6 Å². The van der Waals surface area contributed by atoms with Crippen LogP contribution < -0.4 is 14.9 Å². The zero-order valence-electron chi connectivity index (χ0n) is 18.4. The van der Waals surface area contributed by atoms with Crippen LogP contribution in [0.2, 0.25) is 0 Å². The number of para-hydroxylation sites is 1. The molecule has 1 aliphatic heterocycles. The van der Waals surface area contributed by atoms with Crippen LogP contribution in [0.25, 0.3) is 0 Å². The van der Waals surface area contributed by atoms with Gasteiger partial charge in [0, 0.05) is 39.9 Å². The fourth-order valence-electron chi connectivity index (χ4n) is 3.29. The van der Waals surface area contributed by atoms with Crippen LogP contribution in [-0.4, -0.2) is 64.9 Å². The molecule has 0 spiro atoms. The largest absolute Gasteiger partial charge is 0.376 e. The molecule has 0 unspecified atom stereocenters. The van der Waals surface area contributed by atoms with Gasteiger partial charge in [-0.1, -0.05) is 12.1 Å². The first kappa shape index (κ1) is 23.7. The summed E-state index contributed by atoms with van der Waals surface area (Å²) in [6.45, 7) is 1.13. The molecule has 2 amide bonds. The fourth-order valence-corrected chi connectivity index (χ4v) is 4.17. The normalized spacial score (nSPS) is 16.1. The summed E-state index contributed by atoms with van der Waals surface area (Å²) >= 11 is 0. The average molecular weight is 461 g/mol. The summed E-state index contributed by atoms with van der Waals surface area (Å²) in [6.07, 6.45) is 1.93. The molecule has 1 fully saturated rings. The second-order valence-electron chi connectivity index (χ2n) is 7.65. The third-order valence-electron chi connectivity index (χ3n) is 5.23. The number of hydrogen-bond donors (Lipinski definition) is 2. The van der Waals surface area contributed by atoms with Gasteiger partial charge < -0.3 is 15.4 Å². The number of carbonyl (C=O) groups excluding carboxylic acids is 2. The van der Waals surface area contributed by atoms with Gasteiger partial charge in [-0.05, 0) is 49.2 Å². The summed E-state index contributed by atoms with van der Waals surface area (Å²) in [5.41, 5.74) is 1.49. The van der Waals surface area contributed by atoms with E-state index in [4.69, 9.17) is 4.74 Å². The maximum atomic E-state index is 12.7. The van der Waals surface area contributed by atoms with E-state index in [0.29, 0.717) is 35.7 Å². The smallest absolute Gasteiger partial charge is 0.303 e. The second-order valence-corrected chi connectivity index (χ2v) is 9.82. The molecule has 0 saturated carbocycles. The predicted octanol–water partition coefficient (Wildman–Crippen LogP) is 2.09. The molecule has 2 aromatic carbocycles. The molecule has 0 radical (unpaired) electrons. The van der Waals surface area contributed by atoms with Crippen molar-refractivity contribution in [2.75, 3.05) is 43.9 Å². The molecule has 32 heavy (non-hydrogen) atoms. The third-order valence-corrected chi connectivity index (χ3v) is 7.06. The molecular weight excluding hydrogens is 432 g/mol. The SMILES string of the molecule is CN(C)S(=O)(=O)N(C)c1ccc(C(=O)Nc2ccccc2C(=O)NC[C@H]2CCCO2)cc1. The van der Waals surface area contributed by atoms with Crippen molar-refractivity contribution in [3.63, 3.8) is 0 Å². The Labute approximate surface area is 188 Å². The Hall–Kier alpha value is -2.95. The summed E-state index contributed by atoms with van der Waals surface area (Å²) in [6, 6.07) is 12.9. The molecule has 2 N–H and O–H groups in total. The Morgan fingerprint density at radius 1 is 1.03 bits per heavy atom. The van der Waals surface area contributed by atoms with Crippen molar-refractivity contribution in [2.45, 2.75) is 18.9 Å². The van der Waals surface area contributed by atoms with E-state index < -0.39 is 16.1 Å². The van der Waals surface area contributed by atoms with Gasteiger partial charge in [0.1, 0.15) is 0 Å². The molecule has 172 valence electrons. The van der Waals surface area contributed by atoms with Crippen molar-refractivity contribution in [3.8, 4) is 0 Å². The highest BCUT2D eigenvalue weighted by Gasteiger charge is 2.22. The van der Waals surface area contributed by atoms with Crippen LogP contribution in [0, 0.1) is 0 Å². The quantitative estimate of drug-likeness (QED) is 0.627. The van der Waals surface area contributed by atoms with E-state index in [9.17, 15) is 18.0 Å². The van der Waals surface area contributed by atoms with Gasteiger partial charge in [0.05, 0.1) is 23.0 Å². The lowest BCUT2D eigenvalue weighted by Crippen LogP contribution is -2.37. The molecule has 9 nitrogen and oxygen atoms in total. The van der Waals surface area contributed by atoms with Crippen LogP contribution in [0.5, 0.6) is 0 Å². The van der Waals surface area contributed by atoms with E-state index in [1.54, 1.807) is 36.4 Å². The van der Waals surface area contributed by atoms with Gasteiger partial charge in [-0.3, -0.25) is 13.9 Å². The second kappa shape index (κ2) is 10.1. The Balaban J connectivity index is 1.69. The monoisotopic (exact) mass is 460 g/mol. The zero-order chi connectivity index (χ0) is 23.3. The van der Waals surface area contributed by atoms with Gasteiger partial charge >= 0.3 is 10.2 Å². The van der Waals surface area contributed by atoms with Crippen molar-refractivity contribution in [2.24, 2.45) is 0 Å². The average Bonchev–Trinajstić information content (AvgIpc) is 3.31. The summed E-state index contributed by atoms with van der Waals surface area (Å²) < 4.78 is 32.3. The highest BCUT2D eigenvalue weighted by molar-refractivity contribution is 7.90. The first-order chi connectivity index (χ1) is 15.2. The van der Waals surface area contributed by atoms with Gasteiger partial charge in [-0.25, -0.2) is 0 Å². The first-order valence-corrected chi connectivity index (χ1v) is 11.7. The molecular formula is C22H28N4O5S. The van der Waals surface area contributed by atoms with Crippen LogP contribution >= 0.6 is 0 Å². The predicted molar refractivity (Wildman–Crippen MR) is 123 cm³/mol. The maximum Gasteiger partial charge on any atom is 0.303 e. The molecule has 2 aromatic rings. The maximum absolute atomic E-state index is 12.7. The fraction of sp³-hybridized carbons (Fsp3) is 0.364. The lowest BCUT2D eigenvalue weighted by molar-refractivity contribution is 0.0858. The molecule has 10 heteroatoms. The van der Waals surface area contributed by atoms with Gasteiger partial charge in [0.25, 0.3) is 11.8 Å². The van der Waals surface area contributed by atoms with Crippen LogP contribution in [0.1, 0.15) is 33.6 Å². The third kappa shape index (κ3) is 5.45. The van der Waals surface area contributed by atoms with Gasteiger partial charge in [0.15, 0.2) is 0 Å². The van der Waals surface area contributed by atoms with Crippen LogP contribution in [-0.2, 0) is 14.9 Å². The van der Waals surface area contributed by atoms with Crippen molar-refractivity contribution in [3.05, 3.63) is 59.7 Å². The summed E-state index contributed by atoms with van der Waals surface area (Å²) in [7, 11) is 0.707. The minimum atomic E-state index is -3.63. The Bertz CT molecular complexity index is 1060. The van der Waals surface area contributed by atoms with Gasteiger partial charge in [0.2, 0.25) is 0 Å². The number of hydrogen-bond acceptors (Lipinski definition) is 5. The molecule has 1 atom stereocenters. The number of anilines is 2. The molecule has 0 aliphatic carbocycles. The molecule has 0 aromatic heterocycles. The summed E-state index contributed by atoms with van der Waals surface area (Å²) in [5.74, 6) is -0.698. The number of ether oxygens (including phenoxy) is 1. The van der Waals surface area contributed by atoms with Gasteiger partial charge in [-0.2, -0.15) is 12.7 Å². The lowest BCUT2D eigenvalue weighted by Gasteiger charge is -2.23. The van der Waals surface area contributed by atoms with Crippen molar-refractivity contribution in [1.82, 2.24) is 9.62 Å². The molecule has 1 aliphatic rings. The first-order valence-electron chi connectivity index (χ1n) is 10.3. The highest BCUT2D eigenvalue weighted by Crippen LogP contribution is 2.20. The number of nitrogens with zero attached hydrogens (tertiary/aromatic N) is 2. The zero-order valence-corrected chi connectivity index (χ0v) is 19.2. The van der Waals surface area contributed by atoms with E-state index in [0.717, 1.165) is 21.5 Å².